The summed E-state index contributed by atoms with van der Waals surface area (Å²) in [5, 5.41) is 0. The zero-order valence-electron chi connectivity index (χ0n) is 33.6. The average Bonchev–Trinajstić information content (AvgIpc) is 3.08. The van der Waals surface area contributed by atoms with Crippen LogP contribution in [-0.2, 0) is 14.2 Å². The third-order valence-electron chi connectivity index (χ3n) is 9.14. The standard InChI is InChI=1S/2C8H9F.C8H16.C8H10.C7H14O.C6H12O2/c2*1-6-3-4-7(2)8(9)5-6;2*1-7-3-5-8(2)6-4-7;1-6-3-4-7(2)8-5-6;1-5-3-7-6(2)8-4-5/h2*3-5H,1-2H3;7-8H,3-6H2,1-2H3;3-6H,1-2H3;6-7H,3-5H2,1-2H3;5-6H,3-4H2,1-2H3/t;;;;6?,7-;/m....1./s1. The highest BCUT2D eigenvalue weighted by atomic mass is 19.1. The Morgan fingerprint density at radius 2 is 0.760 bits per heavy atom. The minimum Gasteiger partial charge on any atom is -0.378 e. The number of hydrogen-bond acceptors (Lipinski definition) is 3. The largest absolute Gasteiger partial charge is 0.378 e. The number of ether oxygens (including phenoxy) is 3. The predicted octanol–water partition coefficient (Wildman–Crippen LogP) is 12.9. The molecule has 282 valence electrons. The summed E-state index contributed by atoms with van der Waals surface area (Å²) in [6.07, 6.45) is 9.03. The molecular formula is C45H70F2O3. The molecule has 3 fully saturated rings. The lowest BCUT2D eigenvalue weighted by Gasteiger charge is -2.24. The van der Waals surface area contributed by atoms with Crippen molar-refractivity contribution in [2.45, 2.75) is 134 Å². The van der Waals surface area contributed by atoms with Crippen LogP contribution in [0.3, 0.4) is 0 Å². The number of rotatable bonds is 0. The molecule has 3 aromatic rings. The molecule has 0 aromatic heterocycles. The number of benzene rings is 3. The van der Waals surface area contributed by atoms with Crippen molar-refractivity contribution < 1.29 is 23.0 Å². The lowest BCUT2D eigenvalue weighted by molar-refractivity contribution is -0.187. The second-order valence-electron chi connectivity index (χ2n) is 15.2. The summed E-state index contributed by atoms with van der Waals surface area (Å²) in [4.78, 5) is 0. The normalized spacial score (nSPS) is 24.0. The van der Waals surface area contributed by atoms with Crippen LogP contribution in [0.15, 0.2) is 60.7 Å². The highest BCUT2D eigenvalue weighted by Crippen LogP contribution is 2.27. The van der Waals surface area contributed by atoms with Crippen molar-refractivity contribution in [1.29, 1.82) is 0 Å². The smallest absolute Gasteiger partial charge is 0.154 e. The van der Waals surface area contributed by atoms with Crippen LogP contribution in [0, 0.1) is 76.8 Å². The van der Waals surface area contributed by atoms with E-state index in [0.717, 1.165) is 48.7 Å². The Labute approximate surface area is 305 Å². The summed E-state index contributed by atoms with van der Waals surface area (Å²) >= 11 is 0. The molecule has 3 aromatic carbocycles. The lowest BCUT2D eigenvalue weighted by Crippen LogP contribution is -2.27. The first-order valence-electron chi connectivity index (χ1n) is 18.9. The Morgan fingerprint density at radius 3 is 1.04 bits per heavy atom. The van der Waals surface area contributed by atoms with Crippen LogP contribution >= 0.6 is 0 Å². The van der Waals surface area contributed by atoms with Gasteiger partial charge in [-0.15, -0.1) is 0 Å². The lowest BCUT2D eigenvalue weighted by atomic mass is 9.84. The Kier molecular flexibility index (Phi) is 23.0. The molecule has 3 nitrogen and oxygen atoms in total. The summed E-state index contributed by atoms with van der Waals surface area (Å²) < 4.78 is 40.9. The average molecular weight is 697 g/mol. The SMILES string of the molecule is CC1CCC(C)CC1.CC1CC[C@@H](C)OC1.CC1COC(C)OC1.Cc1ccc(C)c(F)c1.Cc1ccc(C)c(F)c1.Cc1ccc(C)cc1. The first kappa shape index (κ1) is 45.4. The third kappa shape index (κ3) is 22.3. The molecule has 3 aliphatic rings. The van der Waals surface area contributed by atoms with E-state index < -0.39 is 0 Å². The molecule has 1 unspecified atom stereocenters. The fourth-order valence-electron chi connectivity index (χ4n) is 5.17. The van der Waals surface area contributed by atoms with Gasteiger partial charge < -0.3 is 14.2 Å². The van der Waals surface area contributed by atoms with E-state index in [1.807, 2.05) is 32.9 Å². The van der Waals surface area contributed by atoms with Gasteiger partial charge in [-0.05, 0) is 120 Å². The molecular weight excluding hydrogens is 626 g/mol. The molecule has 2 aliphatic heterocycles. The van der Waals surface area contributed by atoms with Gasteiger partial charge in [0.1, 0.15) is 11.6 Å². The highest BCUT2D eigenvalue weighted by molar-refractivity contribution is 5.22. The van der Waals surface area contributed by atoms with Crippen LogP contribution in [0.1, 0.15) is 113 Å². The summed E-state index contributed by atoms with van der Waals surface area (Å²) in [7, 11) is 0. The fourth-order valence-corrected chi connectivity index (χ4v) is 5.17. The second-order valence-corrected chi connectivity index (χ2v) is 15.2. The molecule has 1 aliphatic carbocycles. The second kappa shape index (κ2) is 25.4. The molecule has 50 heavy (non-hydrogen) atoms. The molecule has 1 saturated carbocycles. The summed E-state index contributed by atoms with van der Waals surface area (Å²) in [5.74, 6) is 3.18. The molecule has 0 bridgehead atoms. The molecule has 0 radical (unpaired) electrons. The number of halogens is 2. The quantitative estimate of drug-likeness (QED) is 0.234. The van der Waals surface area contributed by atoms with Crippen molar-refractivity contribution in [3.05, 3.63) is 106 Å². The van der Waals surface area contributed by atoms with Gasteiger partial charge in [-0.25, -0.2) is 8.78 Å². The van der Waals surface area contributed by atoms with E-state index in [4.69, 9.17) is 14.2 Å². The highest BCUT2D eigenvalue weighted by Gasteiger charge is 2.15. The van der Waals surface area contributed by atoms with Gasteiger partial charge in [-0.3, -0.25) is 0 Å². The first-order chi connectivity index (χ1) is 23.5. The Morgan fingerprint density at radius 1 is 0.420 bits per heavy atom. The molecule has 2 saturated heterocycles. The van der Waals surface area contributed by atoms with Gasteiger partial charge in [0.2, 0.25) is 0 Å². The van der Waals surface area contributed by atoms with Crippen molar-refractivity contribution in [2.24, 2.45) is 23.7 Å². The first-order valence-corrected chi connectivity index (χ1v) is 18.9. The Hall–Kier alpha value is -2.60. The summed E-state index contributed by atoms with van der Waals surface area (Å²) in [6.45, 7) is 27.3. The van der Waals surface area contributed by atoms with E-state index in [1.165, 1.54) is 61.8 Å². The van der Waals surface area contributed by atoms with Crippen LogP contribution in [-0.4, -0.2) is 32.2 Å². The van der Waals surface area contributed by atoms with Crippen molar-refractivity contribution in [3.8, 4) is 0 Å². The summed E-state index contributed by atoms with van der Waals surface area (Å²) in [6, 6.07) is 18.9. The van der Waals surface area contributed by atoms with E-state index in [1.54, 1.807) is 26.0 Å². The van der Waals surface area contributed by atoms with Gasteiger partial charge >= 0.3 is 0 Å². The Bertz CT molecular complexity index is 1140. The molecule has 2 heterocycles. The zero-order valence-corrected chi connectivity index (χ0v) is 33.6. The van der Waals surface area contributed by atoms with Crippen LogP contribution in [0.25, 0.3) is 0 Å². The van der Waals surface area contributed by atoms with E-state index >= 15 is 0 Å². The minimum atomic E-state index is -0.116. The van der Waals surface area contributed by atoms with Gasteiger partial charge in [-0.1, -0.05) is 113 Å². The predicted molar refractivity (Wildman–Crippen MR) is 209 cm³/mol. The van der Waals surface area contributed by atoms with Crippen molar-refractivity contribution >= 4 is 0 Å². The van der Waals surface area contributed by atoms with Gasteiger partial charge in [0.15, 0.2) is 6.29 Å². The number of aryl methyl sites for hydroxylation is 6. The van der Waals surface area contributed by atoms with Gasteiger partial charge in [0.05, 0.1) is 19.3 Å². The summed E-state index contributed by atoms with van der Waals surface area (Å²) in [5.41, 5.74) is 6.02. The van der Waals surface area contributed by atoms with Crippen molar-refractivity contribution in [2.75, 3.05) is 19.8 Å². The van der Waals surface area contributed by atoms with E-state index in [-0.39, 0.29) is 17.9 Å². The zero-order chi connectivity index (χ0) is 37.6. The number of hydrogen-bond donors (Lipinski definition) is 0. The maximum absolute atomic E-state index is 12.6. The van der Waals surface area contributed by atoms with Crippen molar-refractivity contribution in [3.63, 3.8) is 0 Å². The fraction of sp³-hybridized carbons (Fsp3) is 0.600. The topological polar surface area (TPSA) is 27.7 Å². The van der Waals surface area contributed by atoms with E-state index in [0.29, 0.717) is 23.1 Å². The molecule has 6 rings (SSSR count). The van der Waals surface area contributed by atoms with Crippen molar-refractivity contribution in [1.82, 2.24) is 0 Å². The van der Waals surface area contributed by atoms with Gasteiger partial charge in [-0.2, -0.15) is 0 Å². The molecule has 5 heteroatoms. The van der Waals surface area contributed by atoms with Crippen LogP contribution in [0.4, 0.5) is 8.78 Å². The van der Waals surface area contributed by atoms with E-state index in [2.05, 4.69) is 72.7 Å². The minimum absolute atomic E-state index is 0.0196. The molecule has 0 amide bonds. The molecule has 2 atom stereocenters. The van der Waals surface area contributed by atoms with Gasteiger partial charge in [0, 0.05) is 12.5 Å². The van der Waals surface area contributed by atoms with Crippen LogP contribution in [0.2, 0.25) is 0 Å². The van der Waals surface area contributed by atoms with E-state index in [9.17, 15) is 8.78 Å². The van der Waals surface area contributed by atoms with Gasteiger partial charge in [0.25, 0.3) is 0 Å². The van der Waals surface area contributed by atoms with Crippen LogP contribution < -0.4 is 0 Å². The van der Waals surface area contributed by atoms with Crippen LogP contribution in [0.5, 0.6) is 0 Å². The third-order valence-corrected chi connectivity index (χ3v) is 9.14. The monoisotopic (exact) mass is 697 g/mol. The molecule has 0 spiro atoms. The maximum Gasteiger partial charge on any atom is 0.154 e. The maximum atomic E-state index is 12.6. The molecule has 0 N–H and O–H groups in total. The Balaban J connectivity index is 0.000000300.